The van der Waals surface area contributed by atoms with Crippen molar-refractivity contribution >= 4 is 15.9 Å². The van der Waals surface area contributed by atoms with Gasteiger partial charge in [-0.15, -0.1) is 0 Å². The summed E-state index contributed by atoms with van der Waals surface area (Å²) >= 11 is 3.62. The van der Waals surface area contributed by atoms with Gasteiger partial charge in [0.25, 0.3) is 0 Å². The van der Waals surface area contributed by atoms with Crippen LogP contribution in [0.2, 0.25) is 0 Å². The zero-order chi connectivity index (χ0) is 14.3. The van der Waals surface area contributed by atoms with Crippen molar-refractivity contribution in [2.75, 3.05) is 19.8 Å². The summed E-state index contributed by atoms with van der Waals surface area (Å²) in [7, 11) is 0. The summed E-state index contributed by atoms with van der Waals surface area (Å²) in [6, 6.07) is 8.43. The molecule has 1 aromatic carbocycles. The molecule has 1 atom stereocenters. The minimum atomic E-state index is 0.151. The standard InChI is InChI=1S/C16H26BrNO/c1-5-19-12-13(11-18-16(2,3)4)10-14-8-6-7-9-15(14)17/h6-9,13,18H,5,10-12H2,1-4H3. The molecule has 0 aromatic heterocycles. The van der Waals surface area contributed by atoms with Gasteiger partial charge in [0.15, 0.2) is 0 Å². The molecule has 1 aromatic rings. The third-order valence-corrected chi connectivity index (χ3v) is 3.72. The molecule has 3 heteroatoms. The zero-order valence-corrected chi connectivity index (χ0v) is 14.1. The Morgan fingerprint density at radius 1 is 1.26 bits per heavy atom. The summed E-state index contributed by atoms with van der Waals surface area (Å²) in [5, 5.41) is 3.58. The first kappa shape index (κ1) is 16.7. The second-order valence-corrected chi connectivity index (χ2v) is 6.81. The Morgan fingerprint density at radius 2 is 1.95 bits per heavy atom. The van der Waals surface area contributed by atoms with E-state index in [1.807, 2.05) is 6.92 Å². The number of hydrogen-bond donors (Lipinski definition) is 1. The number of hydrogen-bond acceptors (Lipinski definition) is 2. The Morgan fingerprint density at radius 3 is 2.53 bits per heavy atom. The fourth-order valence-corrected chi connectivity index (χ4v) is 2.35. The summed E-state index contributed by atoms with van der Waals surface area (Å²) in [4.78, 5) is 0. The lowest BCUT2D eigenvalue weighted by molar-refractivity contribution is 0.107. The van der Waals surface area contributed by atoms with Crippen molar-refractivity contribution in [1.82, 2.24) is 5.32 Å². The van der Waals surface area contributed by atoms with Crippen molar-refractivity contribution in [1.29, 1.82) is 0 Å². The maximum absolute atomic E-state index is 5.62. The summed E-state index contributed by atoms with van der Waals surface area (Å²) in [6.45, 7) is 11.2. The zero-order valence-electron chi connectivity index (χ0n) is 12.5. The molecule has 1 N–H and O–H groups in total. The van der Waals surface area contributed by atoms with E-state index in [1.54, 1.807) is 0 Å². The predicted octanol–water partition coefficient (Wildman–Crippen LogP) is 4.03. The molecule has 1 rings (SSSR count). The topological polar surface area (TPSA) is 21.3 Å². The van der Waals surface area contributed by atoms with Gasteiger partial charge in [0.2, 0.25) is 0 Å². The average Bonchev–Trinajstić information content (AvgIpc) is 2.34. The molecule has 0 radical (unpaired) electrons. The van der Waals surface area contributed by atoms with Gasteiger partial charge >= 0.3 is 0 Å². The van der Waals surface area contributed by atoms with Crippen LogP contribution < -0.4 is 5.32 Å². The van der Waals surface area contributed by atoms with Gasteiger partial charge in [0.05, 0.1) is 6.61 Å². The first-order valence-electron chi connectivity index (χ1n) is 6.98. The highest BCUT2D eigenvalue weighted by atomic mass is 79.9. The van der Waals surface area contributed by atoms with Crippen LogP contribution in [0.3, 0.4) is 0 Å². The van der Waals surface area contributed by atoms with Crippen LogP contribution in [0, 0.1) is 5.92 Å². The Balaban J connectivity index is 2.61. The van der Waals surface area contributed by atoms with E-state index in [9.17, 15) is 0 Å². The molecule has 108 valence electrons. The van der Waals surface area contributed by atoms with Crippen LogP contribution in [0.25, 0.3) is 0 Å². The summed E-state index contributed by atoms with van der Waals surface area (Å²) in [6.07, 6.45) is 1.03. The van der Waals surface area contributed by atoms with Crippen molar-refractivity contribution < 1.29 is 4.74 Å². The number of rotatable bonds is 7. The molecular formula is C16H26BrNO. The molecule has 2 nitrogen and oxygen atoms in total. The molecule has 0 bridgehead atoms. The molecule has 0 amide bonds. The van der Waals surface area contributed by atoms with E-state index in [1.165, 1.54) is 10.0 Å². The van der Waals surface area contributed by atoms with E-state index in [4.69, 9.17) is 4.74 Å². The summed E-state index contributed by atoms with van der Waals surface area (Å²) in [5.74, 6) is 0.498. The minimum Gasteiger partial charge on any atom is -0.381 e. The third kappa shape index (κ3) is 7.09. The van der Waals surface area contributed by atoms with Crippen LogP contribution in [0.4, 0.5) is 0 Å². The van der Waals surface area contributed by atoms with Crippen LogP contribution in [0.5, 0.6) is 0 Å². The van der Waals surface area contributed by atoms with Crippen molar-refractivity contribution in [3.8, 4) is 0 Å². The van der Waals surface area contributed by atoms with Gasteiger partial charge in [-0.2, -0.15) is 0 Å². The molecular weight excluding hydrogens is 302 g/mol. The molecule has 0 saturated heterocycles. The Kier molecular flexibility index (Phi) is 7.05. The van der Waals surface area contributed by atoms with E-state index in [0.29, 0.717) is 5.92 Å². The fourth-order valence-electron chi connectivity index (χ4n) is 1.90. The lowest BCUT2D eigenvalue weighted by atomic mass is 9.98. The summed E-state index contributed by atoms with van der Waals surface area (Å²) < 4.78 is 6.80. The molecule has 0 spiro atoms. The van der Waals surface area contributed by atoms with E-state index in [0.717, 1.165) is 26.2 Å². The lowest BCUT2D eigenvalue weighted by Gasteiger charge is -2.25. The highest BCUT2D eigenvalue weighted by Gasteiger charge is 2.16. The SMILES string of the molecule is CCOCC(CNC(C)(C)C)Cc1ccccc1Br. The van der Waals surface area contributed by atoms with E-state index >= 15 is 0 Å². The Bertz CT molecular complexity index is 373. The molecule has 0 heterocycles. The molecule has 0 saturated carbocycles. The molecule has 1 unspecified atom stereocenters. The average molecular weight is 328 g/mol. The van der Waals surface area contributed by atoms with Gasteiger partial charge in [0, 0.05) is 23.2 Å². The third-order valence-electron chi connectivity index (χ3n) is 2.95. The number of halogens is 1. The van der Waals surface area contributed by atoms with E-state index in [-0.39, 0.29) is 5.54 Å². The second-order valence-electron chi connectivity index (χ2n) is 5.95. The van der Waals surface area contributed by atoms with Gasteiger partial charge in [-0.1, -0.05) is 34.1 Å². The first-order chi connectivity index (χ1) is 8.92. The van der Waals surface area contributed by atoms with Crippen molar-refractivity contribution in [2.24, 2.45) is 5.92 Å². The van der Waals surface area contributed by atoms with Crippen LogP contribution in [0.1, 0.15) is 33.3 Å². The smallest absolute Gasteiger partial charge is 0.0509 e. The largest absolute Gasteiger partial charge is 0.381 e. The maximum Gasteiger partial charge on any atom is 0.0509 e. The van der Waals surface area contributed by atoms with Crippen LogP contribution in [-0.4, -0.2) is 25.3 Å². The maximum atomic E-state index is 5.62. The van der Waals surface area contributed by atoms with Gasteiger partial charge in [-0.3, -0.25) is 0 Å². The Labute approximate surface area is 126 Å². The molecule has 0 aliphatic carbocycles. The Hall–Kier alpha value is -0.380. The molecule has 0 fully saturated rings. The molecule has 0 aliphatic rings. The summed E-state index contributed by atoms with van der Waals surface area (Å²) in [5.41, 5.74) is 1.50. The quantitative estimate of drug-likeness (QED) is 0.816. The van der Waals surface area contributed by atoms with Crippen LogP contribution in [-0.2, 0) is 11.2 Å². The van der Waals surface area contributed by atoms with Crippen molar-refractivity contribution in [3.63, 3.8) is 0 Å². The minimum absolute atomic E-state index is 0.151. The number of ether oxygens (including phenoxy) is 1. The normalized spacial score (nSPS) is 13.5. The van der Waals surface area contributed by atoms with Gasteiger partial charge in [-0.25, -0.2) is 0 Å². The first-order valence-corrected chi connectivity index (χ1v) is 7.78. The number of benzene rings is 1. The number of nitrogens with one attached hydrogen (secondary N) is 1. The monoisotopic (exact) mass is 327 g/mol. The highest BCUT2D eigenvalue weighted by Crippen LogP contribution is 2.20. The van der Waals surface area contributed by atoms with Crippen molar-refractivity contribution in [3.05, 3.63) is 34.3 Å². The lowest BCUT2D eigenvalue weighted by Crippen LogP contribution is -2.40. The molecule has 0 aliphatic heterocycles. The van der Waals surface area contributed by atoms with E-state index in [2.05, 4.69) is 66.3 Å². The van der Waals surface area contributed by atoms with Crippen LogP contribution >= 0.6 is 15.9 Å². The van der Waals surface area contributed by atoms with Crippen LogP contribution in [0.15, 0.2) is 28.7 Å². The van der Waals surface area contributed by atoms with Gasteiger partial charge < -0.3 is 10.1 Å². The van der Waals surface area contributed by atoms with Gasteiger partial charge in [0.1, 0.15) is 0 Å². The van der Waals surface area contributed by atoms with E-state index < -0.39 is 0 Å². The predicted molar refractivity (Wildman–Crippen MR) is 85.6 cm³/mol. The molecule has 19 heavy (non-hydrogen) atoms. The fraction of sp³-hybridized carbons (Fsp3) is 0.625. The second kappa shape index (κ2) is 8.03. The van der Waals surface area contributed by atoms with Gasteiger partial charge in [-0.05, 0) is 51.7 Å². The van der Waals surface area contributed by atoms with Crippen molar-refractivity contribution in [2.45, 2.75) is 39.7 Å². The highest BCUT2D eigenvalue weighted by molar-refractivity contribution is 9.10.